The van der Waals surface area contributed by atoms with Crippen molar-refractivity contribution in [3.05, 3.63) is 46.6 Å². The molecule has 6 heteroatoms. The van der Waals surface area contributed by atoms with Gasteiger partial charge in [0.2, 0.25) is 0 Å². The van der Waals surface area contributed by atoms with Crippen LogP contribution in [0.4, 0.5) is 11.5 Å². The van der Waals surface area contributed by atoms with Crippen molar-refractivity contribution >= 4 is 33.3 Å². The van der Waals surface area contributed by atoms with E-state index in [-0.39, 0.29) is 5.91 Å². The summed E-state index contributed by atoms with van der Waals surface area (Å²) in [6.07, 6.45) is 1.56. The lowest BCUT2D eigenvalue weighted by atomic mass is 10.2. The van der Waals surface area contributed by atoms with Gasteiger partial charge >= 0.3 is 0 Å². The van der Waals surface area contributed by atoms with Crippen molar-refractivity contribution in [2.75, 3.05) is 18.2 Å². The normalized spacial score (nSPS) is 10.0. The Balaban J connectivity index is 2.28. The first kappa shape index (κ1) is 13.4. The first-order chi connectivity index (χ1) is 9.11. The fourth-order valence-electron chi connectivity index (χ4n) is 1.50. The predicted octanol–water partition coefficient (Wildman–Crippen LogP) is 2.69. The second-order valence-corrected chi connectivity index (χ2v) is 4.60. The Kier molecular flexibility index (Phi) is 4.01. The molecule has 0 saturated carbocycles. The van der Waals surface area contributed by atoms with E-state index < -0.39 is 0 Å². The van der Waals surface area contributed by atoms with Gasteiger partial charge in [-0.3, -0.25) is 4.79 Å². The van der Waals surface area contributed by atoms with Crippen LogP contribution in [-0.2, 0) is 0 Å². The molecule has 0 aliphatic rings. The van der Waals surface area contributed by atoms with Crippen molar-refractivity contribution < 1.29 is 9.53 Å². The third-order valence-electron chi connectivity index (χ3n) is 2.49. The number of hydrogen-bond acceptors (Lipinski definition) is 4. The second kappa shape index (κ2) is 5.71. The number of pyridine rings is 1. The molecule has 0 bridgehead atoms. The molecule has 0 aliphatic heterocycles. The largest absolute Gasteiger partial charge is 0.497 e. The van der Waals surface area contributed by atoms with Crippen molar-refractivity contribution in [2.24, 2.45) is 0 Å². The number of methoxy groups -OCH3 is 1. The summed E-state index contributed by atoms with van der Waals surface area (Å²) in [6.45, 7) is 0. The SMILES string of the molecule is COc1ccc(Br)c(C(=O)Nc2ncccc2N)c1. The summed E-state index contributed by atoms with van der Waals surface area (Å²) in [7, 11) is 1.54. The van der Waals surface area contributed by atoms with Gasteiger partial charge in [0.05, 0.1) is 18.4 Å². The molecule has 2 rings (SSSR count). The minimum Gasteiger partial charge on any atom is -0.497 e. The Morgan fingerprint density at radius 2 is 2.21 bits per heavy atom. The Labute approximate surface area is 118 Å². The van der Waals surface area contributed by atoms with E-state index in [2.05, 4.69) is 26.2 Å². The lowest BCUT2D eigenvalue weighted by Crippen LogP contribution is -2.15. The van der Waals surface area contributed by atoms with Gasteiger partial charge in [0.1, 0.15) is 5.75 Å². The molecule has 0 saturated heterocycles. The molecule has 0 spiro atoms. The van der Waals surface area contributed by atoms with E-state index in [0.29, 0.717) is 27.3 Å². The smallest absolute Gasteiger partial charge is 0.258 e. The number of carbonyl (C=O) groups excluding carboxylic acids is 1. The van der Waals surface area contributed by atoms with E-state index in [4.69, 9.17) is 10.5 Å². The summed E-state index contributed by atoms with van der Waals surface area (Å²) in [5.74, 6) is 0.626. The van der Waals surface area contributed by atoms with Crippen molar-refractivity contribution in [1.29, 1.82) is 0 Å². The zero-order valence-corrected chi connectivity index (χ0v) is 11.8. The number of carbonyl (C=O) groups is 1. The Bertz CT molecular complexity index is 617. The van der Waals surface area contributed by atoms with Crippen LogP contribution in [0, 0.1) is 0 Å². The van der Waals surface area contributed by atoms with Crippen molar-refractivity contribution in [1.82, 2.24) is 4.98 Å². The summed E-state index contributed by atoms with van der Waals surface area (Å²) in [5.41, 5.74) is 6.59. The highest BCUT2D eigenvalue weighted by atomic mass is 79.9. The summed E-state index contributed by atoms with van der Waals surface area (Å²) in [5, 5.41) is 2.66. The van der Waals surface area contributed by atoms with Gasteiger partial charge in [0.25, 0.3) is 5.91 Å². The highest BCUT2D eigenvalue weighted by molar-refractivity contribution is 9.10. The molecular weight excluding hydrogens is 310 g/mol. The standard InChI is InChI=1S/C13H12BrN3O2/c1-19-8-4-5-10(14)9(7-8)13(18)17-12-11(15)3-2-6-16-12/h2-7H,15H2,1H3,(H,16,17,18). The molecule has 1 heterocycles. The summed E-state index contributed by atoms with van der Waals surface area (Å²) in [6, 6.07) is 8.51. The number of nitrogens with zero attached hydrogens (tertiary/aromatic N) is 1. The Morgan fingerprint density at radius 3 is 2.89 bits per heavy atom. The maximum Gasteiger partial charge on any atom is 0.258 e. The number of amides is 1. The van der Waals surface area contributed by atoms with Crippen molar-refractivity contribution in [2.45, 2.75) is 0 Å². The lowest BCUT2D eigenvalue weighted by molar-refractivity contribution is 0.102. The number of anilines is 2. The van der Waals surface area contributed by atoms with E-state index >= 15 is 0 Å². The van der Waals surface area contributed by atoms with Gasteiger partial charge in [-0.05, 0) is 46.3 Å². The molecule has 19 heavy (non-hydrogen) atoms. The number of ether oxygens (including phenoxy) is 1. The highest BCUT2D eigenvalue weighted by Gasteiger charge is 2.13. The average molecular weight is 322 g/mol. The second-order valence-electron chi connectivity index (χ2n) is 3.74. The van der Waals surface area contributed by atoms with Crippen LogP contribution in [0.15, 0.2) is 41.0 Å². The first-order valence-electron chi connectivity index (χ1n) is 5.47. The minimum atomic E-state index is -0.309. The number of benzene rings is 1. The summed E-state index contributed by atoms with van der Waals surface area (Å²) >= 11 is 3.32. The molecular formula is C13H12BrN3O2. The van der Waals surface area contributed by atoms with Gasteiger partial charge in [-0.25, -0.2) is 4.98 Å². The van der Waals surface area contributed by atoms with E-state index in [1.165, 1.54) is 0 Å². The molecule has 1 aromatic carbocycles. The third kappa shape index (κ3) is 3.03. The fraction of sp³-hybridized carbons (Fsp3) is 0.0769. The van der Waals surface area contributed by atoms with Crippen LogP contribution >= 0.6 is 15.9 Å². The van der Waals surface area contributed by atoms with Crippen LogP contribution in [0.5, 0.6) is 5.75 Å². The van der Waals surface area contributed by atoms with E-state index in [1.54, 1.807) is 43.6 Å². The number of hydrogen-bond donors (Lipinski definition) is 2. The first-order valence-corrected chi connectivity index (χ1v) is 6.26. The maximum atomic E-state index is 12.2. The number of nitrogens with one attached hydrogen (secondary N) is 1. The predicted molar refractivity (Wildman–Crippen MR) is 77.3 cm³/mol. The highest BCUT2D eigenvalue weighted by Crippen LogP contribution is 2.24. The Morgan fingerprint density at radius 1 is 1.42 bits per heavy atom. The van der Waals surface area contributed by atoms with Crippen LogP contribution in [0.1, 0.15) is 10.4 Å². The van der Waals surface area contributed by atoms with Gasteiger partial charge in [0.15, 0.2) is 5.82 Å². The number of rotatable bonds is 3. The maximum absolute atomic E-state index is 12.2. The van der Waals surface area contributed by atoms with Gasteiger partial charge in [0, 0.05) is 10.7 Å². The molecule has 0 fully saturated rings. The van der Waals surface area contributed by atoms with Gasteiger partial charge in [-0.2, -0.15) is 0 Å². The molecule has 0 radical (unpaired) electrons. The van der Waals surface area contributed by atoms with E-state index in [0.717, 1.165) is 0 Å². The van der Waals surface area contributed by atoms with E-state index in [9.17, 15) is 4.79 Å². The summed E-state index contributed by atoms with van der Waals surface area (Å²) in [4.78, 5) is 16.2. The lowest BCUT2D eigenvalue weighted by Gasteiger charge is -2.09. The number of halogens is 1. The van der Waals surface area contributed by atoms with Crippen LogP contribution in [-0.4, -0.2) is 18.0 Å². The van der Waals surface area contributed by atoms with E-state index in [1.807, 2.05) is 0 Å². The monoisotopic (exact) mass is 321 g/mol. The van der Waals surface area contributed by atoms with Crippen LogP contribution in [0.2, 0.25) is 0 Å². The number of nitrogens with two attached hydrogens (primary N) is 1. The topological polar surface area (TPSA) is 77.2 Å². The van der Waals surface area contributed by atoms with Crippen molar-refractivity contribution in [3.63, 3.8) is 0 Å². The molecule has 1 aromatic heterocycles. The minimum absolute atomic E-state index is 0.309. The van der Waals surface area contributed by atoms with Crippen molar-refractivity contribution in [3.8, 4) is 5.75 Å². The van der Waals surface area contributed by atoms with Crippen LogP contribution in [0.25, 0.3) is 0 Å². The average Bonchev–Trinajstić information content (AvgIpc) is 2.42. The molecule has 0 unspecified atom stereocenters. The third-order valence-corrected chi connectivity index (χ3v) is 3.18. The molecule has 5 nitrogen and oxygen atoms in total. The molecule has 0 aliphatic carbocycles. The van der Waals surface area contributed by atoms with Crippen LogP contribution < -0.4 is 15.8 Å². The van der Waals surface area contributed by atoms with Gasteiger partial charge < -0.3 is 15.8 Å². The quantitative estimate of drug-likeness (QED) is 0.911. The summed E-state index contributed by atoms with van der Waals surface area (Å²) < 4.78 is 5.76. The molecule has 3 N–H and O–H groups in total. The zero-order valence-electron chi connectivity index (χ0n) is 10.2. The van der Waals surface area contributed by atoms with Crippen LogP contribution in [0.3, 0.4) is 0 Å². The zero-order chi connectivity index (χ0) is 13.8. The van der Waals surface area contributed by atoms with Gasteiger partial charge in [-0.15, -0.1) is 0 Å². The number of nitrogen functional groups attached to an aromatic ring is 1. The van der Waals surface area contributed by atoms with Gasteiger partial charge in [-0.1, -0.05) is 0 Å². The number of aromatic nitrogens is 1. The fourth-order valence-corrected chi connectivity index (χ4v) is 1.93. The molecule has 0 atom stereocenters. The molecule has 2 aromatic rings. The molecule has 98 valence electrons. The Hall–Kier alpha value is -2.08. The molecule has 1 amide bonds.